The molecule has 1 unspecified atom stereocenters. The SMILES string of the molecule is COC(=O)C(O)CNC(=O)CSCC(=O)O. The van der Waals surface area contributed by atoms with E-state index in [1.165, 1.54) is 0 Å². The van der Waals surface area contributed by atoms with E-state index in [0.717, 1.165) is 18.9 Å². The number of carboxylic acid groups (broad SMARTS) is 1. The van der Waals surface area contributed by atoms with Crippen LogP contribution in [0.2, 0.25) is 0 Å². The van der Waals surface area contributed by atoms with Gasteiger partial charge in [0.25, 0.3) is 0 Å². The van der Waals surface area contributed by atoms with Crippen molar-refractivity contribution in [1.82, 2.24) is 5.32 Å². The van der Waals surface area contributed by atoms with Crippen LogP contribution in [0.1, 0.15) is 0 Å². The number of amides is 1. The van der Waals surface area contributed by atoms with Crippen molar-refractivity contribution in [1.29, 1.82) is 0 Å². The molecule has 0 heterocycles. The maximum Gasteiger partial charge on any atom is 0.336 e. The molecule has 0 fully saturated rings. The first-order valence-electron chi connectivity index (χ1n) is 4.29. The van der Waals surface area contributed by atoms with Gasteiger partial charge in [-0.3, -0.25) is 9.59 Å². The molecule has 0 aromatic heterocycles. The summed E-state index contributed by atoms with van der Waals surface area (Å²) in [6, 6.07) is 0. The second-order valence-corrected chi connectivity index (χ2v) is 3.72. The smallest absolute Gasteiger partial charge is 0.336 e. The molecular formula is C8H13NO6S. The van der Waals surface area contributed by atoms with Gasteiger partial charge in [-0.25, -0.2) is 4.79 Å². The largest absolute Gasteiger partial charge is 0.481 e. The van der Waals surface area contributed by atoms with E-state index in [9.17, 15) is 14.4 Å². The summed E-state index contributed by atoms with van der Waals surface area (Å²) in [5, 5.41) is 19.7. The minimum atomic E-state index is -1.40. The fourth-order valence-corrected chi connectivity index (χ4v) is 1.28. The molecule has 0 spiro atoms. The van der Waals surface area contributed by atoms with Crippen molar-refractivity contribution in [2.24, 2.45) is 0 Å². The fourth-order valence-electron chi connectivity index (χ4n) is 0.712. The monoisotopic (exact) mass is 251 g/mol. The molecule has 0 aromatic rings. The standard InChI is InChI=1S/C8H13NO6S/c1-15-8(14)5(10)2-9-6(11)3-16-4-7(12)13/h5,10H,2-4H2,1H3,(H,9,11)(H,12,13). The molecule has 0 radical (unpaired) electrons. The summed E-state index contributed by atoms with van der Waals surface area (Å²) in [5.41, 5.74) is 0. The summed E-state index contributed by atoms with van der Waals surface area (Å²) in [6.45, 7) is -0.251. The number of ether oxygens (including phenoxy) is 1. The lowest BCUT2D eigenvalue weighted by molar-refractivity contribution is -0.150. The average Bonchev–Trinajstić information content (AvgIpc) is 2.24. The fraction of sp³-hybridized carbons (Fsp3) is 0.625. The molecule has 0 saturated heterocycles. The van der Waals surface area contributed by atoms with Gasteiger partial charge in [0.05, 0.1) is 25.2 Å². The van der Waals surface area contributed by atoms with Gasteiger partial charge in [0, 0.05) is 0 Å². The zero-order valence-electron chi connectivity index (χ0n) is 8.63. The Kier molecular flexibility index (Phi) is 7.31. The molecule has 0 bridgehead atoms. The molecule has 0 aliphatic heterocycles. The van der Waals surface area contributed by atoms with E-state index in [-0.39, 0.29) is 18.1 Å². The van der Waals surface area contributed by atoms with Gasteiger partial charge in [-0.05, 0) is 0 Å². The highest BCUT2D eigenvalue weighted by atomic mass is 32.2. The number of aliphatic carboxylic acids is 1. The Balaban J connectivity index is 3.65. The van der Waals surface area contributed by atoms with Crippen LogP contribution < -0.4 is 5.32 Å². The lowest BCUT2D eigenvalue weighted by Gasteiger charge is -2.09. The van der Waals surface area contributed by atoms with Crippen LogP contribution in [-0.4, -0.2) is 59.3 Å². The Labute approximate surface area is 96.2 Å². The lowest BCUT2D eigenvalue weighted by atomic mass is 10.3. The van der Waals surface area contributed by atoms with Crippen LogP contribution in [-0.2, 0) is 19.1 Å². The molecule has 92 valence electrons. The lowest BCUT2D eigenvalue weighted by Crippen LogP contribution is -2.38. The molecule has 16 heavy (non-hydrogen) atoms. The van der Waals surface area contributed by atoms with E-state index < -0.39 is 23.9 Å². The van der Waals surface area contributed by atoms with Crippen molar-refractivity contribution in [3.63, 3.8) is 0 Å². The number of aliphatic hydroxyl groups is 1. The molecule has 0 saturated carbocycles. The summed E-state index contributed by atoms with van der Waals surface area (Å²) >= 11 is 0.926. The van der Waals surface area contributed by atoms with Crippen molar-refractivity contribution in [2.75, 3.05) is 25.2 Å². The van der Waals surface area contributed by atoms with E-state index in [4.69, 9.17) is 10.2 Å². The van der Waals surface area contributed by atoms with Crippen LogP contribution in [0, 0.1) is 0 Å². The van der Waals surface area contributed by atoms with E-state index >= 15 is 0 Å². The average molecular weight is 251 g/mol. The number of hydrogen-bond acceptors (Lipinski definition) is 6. The van der Waals surface area contributed by atoms with Crippen LogP contribution in [0.4, 0.5) is 0 Å². The topological polar surface area (TPSA) is 113 Å². The van der Waals surface area contributed by atoms with Crippen LogP contribution >= 0.6 is 11.8 Å². The van der Waals surface area contributed by atoms with Crippen LogP contribution in [0.15, 0.2) is 0 Å². The van der Waals surface area contributed by atoms with Gasteiger partial charge in [0.2, 0.25) is 5.91 Å². The number of nitrogens with one attached hydrogen (secondary N) is 1. The van der Waals surface area contributed by atoms with Gasteiger partial charge in [-0.2, -0.15) is 0 Å². The first-order chi connectivity index (χ1) is 7.47. The Morgan fingerprint density at radius 2 is 2.00 bits per heavy atom. The van der Waals surface area contributed by atoms with Gasteiger partial charge in [-0.1, -0.05) is 0 Å². The van der Waals surface area contributed by atoms with E-state index in [2.05, 4.69) is 10.1 Å². The van der Waals surface area contributed by atoms with Crippen molar-refractivity contribution >= 4 is 29.6 Å². The summed E-state index contributed by atoms with van der Waals surface area (Å²) in [5.74, 6) is -2.51. The summed E-state index contributed by atoms with van der Waals surface area (Å²) in [7, 11) is 1.12. The highest BCUT2D eigenvalue weighted by Gasteiger charge is 2.15. The van der Waals surface area contributed by atoms with Gasteiger partial charge in [0.15, 0.2) is 6.10 Å². The summed E-state index contributed by atoms with van der Waals surface area (Å²) in [6.07, 6.45) is -1.40. The zero-order chi connectivity index (χ0) is 12.6. The Morgan fingerprint density at radius 1 is 1.38 bits per heavy atom. The molecule has 0 rings (SSSR count). The zero-order valence-corrected chi connectivity index (χ0v) is 9.45. The number of rotatable bonds is 7. The molecule has 8 heteroatoms. The quantitative estimate of drug-likeness (QED) is 0.470. The predicted octanol–water partition coefficient (Wildman–Crippen LogP) is -1.55. The van der Waals surface area contributed by atoms with E-state index in [1.807, 2.05) is 0 Å². The molecule has 0 aliphatic rings. The third-order valence-corrected chi connectivity index (χ3v) is 2.34. The van der Waals surface area contributed by atoms with Crippen LogP contribution in [0.5, 0.6) is 0 Å². The minimum Gasteiger partial charge on any atom is -0.481 e. The first-order valence-corrected chi connectivity index (χ1v) is 5.45. The molecule has 0 aromatic carbocycles. The van der Waals surface area contributed by atoms with Gasteiger partial charge < -0.3 is 20.3 Å². The van der Waals surface area contributed by atoms with Crippen molar-refractivity contribution in [3.05, 3.63) is 0 Å². The Morgan fingerprint density at radius 3 is 2.50 bits per heavy atom. The maximum atomic E-state index is 11.1. The number of hydrogen-bond donors (Lipinski definition) is 3. The van der Waals surface area contributed by atoms with Crippen molar-refractivity contribution in [2.45, 2.75) is 6.10 Å². The van der Waals surface area contributed by atoms with Gasteiger partial charge >= 0.3 is 11.9 Å². The normalized spacial score (nSPS) is 11.6. The van der Waals surface area contributed by atoms with Crippen molar-refractivity contribution < 1.29 is 29.3 Å². The molecule has 1 amide bonds. The number of aliphatic hydroxyl groups excluding tert-OH is 1. The first kappa shape index (κ1) is 14.7. The Bertz CT molecular complexity index is 269. The van der Waals surface area contributed by atoms with E-state index in [0.29, 0.717) is 0 Å². The summed E-state index contributed by atoms with van der Waals surface area (Å²) in [4.78, 5) is 31.9. The number of carboxylic acids is 1. The summed E-state index contributed by atoms with van der Waals surface area (Å²) < 4.78 is 4.23. The second kappa shape index (κ2) is 7.94. The third-order valence-electron chi connectivity index (χ3n) is 1.42. The number of methoxy groups -OCH3 is 1. The van der Waals surface area contributed by atoms with Gasteiger partial charge in [-0.15, -0.1) is 11.8 Å². The molecule has 7 nitrogen and oxygen atoms in total. The highest BCUT2D eigenvalue weighted by molar-refractivity contribution is 8.00. The van der Waals surface area contributed by atoms with Crippen LogP contribution in [0.3, 0.4) is 0 Å². The molecule has 1 atom stereocenters. The van der Waals surface area contributed by atoms with Crippen molar-refractivity contribution in [3.8, 4) is 0 Å². The third kappa shape index (κ3) is 7.07. The van der Waals surface area contributed by atoms with E-state index in [1.54, 1.807) is 0 Å². The number of carbonyl (C=O) groups excluding carboxylic acids is 2. The Hall–Kier alpha value is -1.28. The number of carbonyl (C=O) groups is 3. The van der Waals surface area contributed by atoms with Gasteiger partial charge in [0.1, 0.15) is 0 Å². The number of esters is 1. The molecular weight excluding hydrogens is 238 g/mol. The second-order valence-electron chi connectivity index (χ2n) is 2.73. The minimum absolute atomic E-state index is 0.0415. The maximum absolute atomic E-state index is 11.1. The molecule has 0 aliphatic carbocycles. The molecule has 3 N–H and O–H groups in total. The van der Waals surface area contributed by atoms with Crippen LogP contribution in [0.25, 0.3) is 0 Å². The number of thioether (sulfide) groups is 1. The predicted molar refractivity (Wildman–Crippen MR) is 56.0 cm³/mol. The highest BCUT2D eigenvalue weighted by Crippen LogP contribution is 1.98.